The monoisotopic (exact) mass is 384 g/mol. The highest BCUT2D eigenvalue weighted by Crippen LogP contribution is 2.24. The first-order valence-corrected chi connectivity index (χ1v) is 10.5. The van der Waals surface area contributed by atoms with Crippen molar-refractivity contribution < 1.29 is 4.79 Å². The van der Waals surface area contributed by atoms with Gasteiger partial charge in [0.15, 0.2) is 5.82 Å². The summed E-state index contributed by atoms with van der Waals surface area (Å²) in [6.07, 6.45) is 2.73. The smallest absolute Gasteiger partial charge is 0.239 e. The lowest BCUT2D eigenvalue weighted by Crippen LogP contribution is -2.47. The highest BCUT2D eigenvalue weighted by atomic mass is 32.2. The molecule has 27 heavy (non-hydrogen) atoms. The number of fused-ring (bicyclic) bond motifs is 2. The van der Waals surface area contributed by atoms with Gasteiger partial charge in [-0.15, -0.1) is 0 Å². The normalized spacial score (nSPS) is 15.1. The average Bonchev–Trinajstić information content (AvgIpc) is 3.29. The molecule has 8 heteroatoms. The molecule has 2 aromatic heterocycles. The number of aromatic amines is 1. The number of benzene rings is 1. The minimum atomic E-state index is -0.426. The first-order valence-electron chi connectivity index (χ1n) is 9.12. The van der Waals surface area contributed by atoms with Crippen molar-refractivity contribution in [2.75, 3.05) is 18.6 Å². The molecular formula is C19H24N6OS. The zero-order chi connectivity index (χ0) is 19.0. The van der Waals surface area contributed by atoms with E-state index in [4.69, 9.17) is 10.7 Å². The van der Waals surface area contributed by atoms with Crippen LogP contribution in [0.2, 0.25) is 0 Å². The van der Waals surface area contributed by atoms with E-state index in [0.717, 1.165) is 39.6 Å². The summed E-state index contributed by atoms with van der Waals surface area (Å²) in [5.41, 5.74) is 11.0. The minimum absolute atomic E-state index is 0.0254. The van der Waals surface area contributed by atoms with Gasteiger partial charge in [-0.3, -0.25) is 9.48 Å². The molecule has 1 aliphatic rings. The third-order valence-electron chi connectivity index (χ3n) is 5.02. The van der Waals surface area contributed by atoms with Crippen LogP contribution in [0.3, 0.4) is 0 Å². The summed E-state index contributed by atoms with van der Waals surface area (Å²) < 4.78 is 1.96. The van der Waals surface area contributed by atoms with E-state index in [1.807, 2.05) is 34.0 Å². The quantitative estimate of drug-likeness (QED) is 0.703. The van der Waals surface area contributed by atoms with Gasteiger partial charge in [0.05, 0.1) is 35.9 Å². The number of nitrogens with one attached hydrogen (secondary N) is 1. The van der Waals surface area contributed by atoms with Crippen molar-refractivity contribution >= 4 is 28.7 Å². The number of H-pyrrole nitrogens is 1. The number of hydrogen-bond donors (Lipinski definition) is 2. The predicted octanol–water partition coefficient (Wildman–Crippen LogP) is 2.16. The number of carbonyl (C=O) groups excluding carboxylic acids is 1. The second-order valence-electron chi connectivity index (χ2n) is 6.95. The standard InChI is InChI=1S/C19H24N6OS/c1-12-4-3-5-15-17(12)22-18(21-15)16-10-13-11-24(7-8-25(13)23-16)19(26)14(20)6-9-27-2/h3-5,10,14H,6-9,11,20H2,1-2H3,(H,21,22)/t14-/m0/s1. The van der Waals surface area contributed by atoms with Crippen LogP contribution in [0.15, 0.2) is 24.3 Å². The highest BCUT2D eigenvalue weighted by Gasteiger charge is 2.26. The molecule has 0 saturated carbocycles. The van der Waals surface area contributed by atoms with Crippen LogP contribution in [-0.2, 0) is 17.9 Å². The summed E-state index contributed by atoms with van der Waals surface area (Å²) in [5.74, 6) is 1.68. The number of aryl methyl sites for hydroxylation is 1. The maximum absolute atomic E-state index is 12.6. The van der Waals surface area contributed by atoms with Gasteiger partial charge in [0.2, 0.25) is 5.91 Å². The molecule has 3 N–H and O–H groups in total. The molecule has 0 fully saturated rings. The van der Waals surface area contributed by atoms with Crippen LogP contribution in [-0.4, -0.2) is 55.2 Å². The molecule has 0 bridgehead atoms. The molecule has 1 aliphatic heterocycles. The number of hydrogen-bond acceptors (Lipinski definition) is 5. The van der Waals surface area contributed by atoms with Crippen LogP contribution in [0, 0.1) is 6.92 Å². The fourth-order valence-corrected chi connectivity index (χ4v) is 3.96. The first kappa shape index (κ1) is 18.1. The van der Waals surface area contributed by atoms with Gasteiger partial charge < -0.3 is 15.6 Å². The van der Waals surface area contributed by atoms with Crippen LogP contribution in [0.25, 0.3) is 22.6 Å². The Labute approximate surface area is 162 Å². The summed E-state index contributed by atoms with van der Waals surface area (Å²) in [6.45, 7) is 3.90. The molecule has 0 unspecified atom stereocenters. The number of nitrogens with zero attached hydrogens (tertiary/aromatic N) is 4. The summed E-state index contributed by atoms with van der Waals surface area (Å²) in [6, 6.07) is 7.67. The van der Waals surface area contributed by atoms with E-state index >= 15 is 0 Å². The van der Waals surface area contributed by atoms with Crippen molar-refractivity contribution in [2.24, 2.45) is 5.73 Å². The Morgan fingerprint density at radius 3 is 3.04 bits per heavy atom. The Bertz CT molecular complexity index is 978. The van der Waals surface area contributed by atoms with Gasteiger partial charge >= 0.3 is 0 Å². The third kappa shape index (κ3) is 3.46. The summed E-state index contributed by atoms with van der Waals surface area (Å²) in [5, 5.41) is 4.68. The van der Waals surface area contributed by atoms with Gasteiger partial charge in [-0.2, -0.15) is 16.9 Å². The van der Waals surface area contributed by atoms with E-state index in [1.165, 1.54) is 0 Å². The first-order chi connectivity index (χ1) is 13.1. The summed E-state index contributed by atoms with van der Waals surface area (Å²) in [4.78, 5) is 22.5. The van der Waals surface area contributed by atoms with Crippen LogP contribution in [0.1, 0.15) is 17.7 Å². The highest BCUT2D eigenvalue weighted by molar-refractivity contribution is 7.98. The Kier molecular flexibility index (Phi) is 4.92. The SMILES string of the molecule is CSCC[C@H](N)C(=O)N1CCn2nc(-c3nc4c(C)cccc4[nH]3)cc2C1. The second kappa shape index (κ2) is 7.36. The molecular weight excluding hydrogens is 360 g/mol. The number of nitrogens with two attached hydrogens (primary N) is 1. The Balaban J connectivity index is 1.55. The van der Waals surface area contributed by atoms with Crippen LogP contribution < -0.4 is 5.73 Å². The van der Waals surface area contributed by atoms with E-state index in [2.05, 4.69) is 23.1 Å². The van der Waals surface area contributed by atoms with Gasteiger partial charge in [-0.1, -0.05) is 12.1 Å². The van der Waals surface area contributed by atoms with E-state index in [9.17, 15) is 4.79 Å². The van der Waals surface area contributed by atoms with E-state index in [0.29, 0.717) is 26.1 Å². The third-order valence-corrected chi connectivity index (χ3v) is 5.66. The van der Waals surface area contributed by atoms with Gasteiger partial charge in [0.25, 0.3) is 0 Å². The van der Waals surface area contributed by atoms with Gasteiger partial charge in [0.1, 0.15) is 5.69 Å². The fraction of sp³-hybridized carbons (Fsp3) is 0.421. The molecule has 1 amide bonds. The number of rotatable bonds is 5. The lowest BCUT2D eigenvalue weighted by molar-refractivity contribution is -0.134. The Morgan fingerprint density at radius 1 is 1.41 bits per heavy atom. The zero-order valence-electron chi connectivity index (χ0n) is 15.6. The zero-order valence-corrected chi connectivity index (χ0v) is 16.4. The fourth-order valence-electron chi connectivity index (χ4n) is 3.47. The molecule has 3 aromatic rings. The molecule has 1 atom stereocenters. The Hall–Kier alpha value is -2.32. The summed E-state index contributed by atoms with van der Waals surface area (Å²) in [7, 11) is 0. The van der Waals surface area contributed by atoms with Gasteiger partial charge in [-0.05, 0) is 43.0 Å². The van der Waals surface area contributed by atoms with Crippen LogP contribution in [0.4, 0.5) is 0 Å². The largest absolute Gasteiger partial charge is 0.337 e. The molecule has 0 radical (unpaired) electrons. The van der Waals surface area contributed by atoms with Crippen molar-refractivity contribution in [3.05, 3.63) is 35.5 Å². The van der Waals surface area contributed by atoms with Crippen molar-refractivity contribution in [1.82, 2.24) is 24.6 Å². The molecule has 0 spiro atoms. The minimum Gasteiger partial charge on any atom is -0.337 e. The van der Waals surface area contributed by atoms with Crippen molar-refractivity contribution in [3.63, 3.8) is 0 Å². The lowest BCUT2D eigenvalue weighted by Gasteiger charge is -2.29. The molecule has 3 heterocycles. The van der Waals surface area contributed by atoms with Crippen molar-refractivity contribution in [3.8, 4) is 11.5 Å². The Morgan fingerprint density at radius 2 is 2.26 bits per heavy atom. The van der Waals surface area contributed by atoms with Gasteiger partial charge in [-0.25, -0.2) is 4.98 Å². The predicted molar refractivity (Wildman–Crippen MR) is 108 cm³/mol. The summed E-state index contributed by atoms with van der Waals surface area (Å²) >= 11 is 1.71. The molecule has 1 aromatic carbocycles. The number of carbonyl (C=O) groups is 1. The number of amides is 1. The topological polar surface area (TPSA) is 92.8 Å². The van der Waals surface area contributed by atoms with E-state index < -0.39 is 6.04 Å². The second-order valence-corrected chi connectivity index (χ2v) is 7.93. The van der Waals surface area contributed by atoms with Crippen molar-refractivity contribution in [2.45, 2.75) is 32.5 Å². The number of imidazole rings is 1. The number of thioether (sulfide) groups is 1. The van der Waals surface area contributed by atoms with Gasteiger partial charge in [0, 0.05) is 6.54 Å². The van der Waals surface area contributed by atoms with Crippen LogP contribution in [0.5, 0.6) is 0 Å². The maximum Gasteiger partial charge on any atom is 0.239 e. The molecule has 0 saturated heterocycles. The maximum atomic E-state index is 12.6. The molecule has 4 rings (SSSR count). The van der Waals surface area contributed by atoms with Crippen molar-refractivity contribution in [1.29, 1.82) is 0 Å². The van der Waals surface area contributed by atoms with Crippen LogP contribution >= 0.6 is 11.8 Å². The molecule has 0 aliphatic carbocycles. The average molecular weight is 385 g/mol. The lowest BCUT2D eigenvalue weighted by atomic mass is 10.2. The van der Waals surface area contributed by atoms with E-state index in [1.54, 1.807) is 11.8 Å². The van der Waals surface area contributed by atoms with E-state index in [-0.39, 0.29) is 5.91 Å². The molecule has 7 nitrogen and oxygen atoms in total. The number of para-hydroxylation sites is 1. The molecule has 142 valence electrons. The number of aromatic nitrogens is 4.